The Morgan fingerprint density at radius 1 is 0.833 bits per heavy atom. The standard InChI is InChI=1S/C16H32O2/c1-15(2,3)14(17)12-10-8-7-9-11-13-18-16(4,5)6/h7-13H2,1-6H3. The minimum atomic E-state index is -0.166. The second kappa shape index (κ2) is 7.93. The molecule has 0 amide bonds. The van der Waals surface area contributed by atoms with Gasteiger partial charge in [-0.25, -0.2) is 0 Å². The lowest BCUT2D eigenvalue weighted by molar-refractivity contribution is -0.126. The van der Waals surface area contributed by atoms with Gasteiger partial charge in [-0.3, -0.25) is 4.79 Å². The fourth-order valence-electron chi connectivity index (χ4n) is 1.67. The van der Waals surface area contributed by atoms with Crippen molar-refractivity contribution in [3.05, 3.63) is 0 Å². The fourth-order valence-corrected chi connectivity index (χ4v) is 1.67. The topological polar surface area (TPSA) is 26.3 Å². The van der Waals surface area contributed by atoms with Gasteiger partial charge >= 0.3 is 0 Å². The normalized spacial score (nSPS) is 12.8. The number of hydrogen-bond donors (Lipinski definition) is 0. The Hall–Kier alpha value is -0.370. The van der Waals surface area contributed by atoms with Crippen LogP contribution in [0, 0.1) is 5.41 Å². The SMILES string of the molecule is CC(C)(C)OCCCCCCCC(=O)C(C)(C)C. The lowest BCUT2D eigenvalue weighted by Crippen LogP contribution is -2.19. The molecule has 0 bridgehead atoms. The van der Waals surface area contributed by atoms with Crippen LogP contribution in [-0.4, -0.2) is 18.0 Å². The molecule has 0 fully saturated rings. The number of Topliss-reactive ketones (excluding diaryl/α,β-unsaturated/α-hetero) is 1. The van der Waals surface area contributed by atoms with Gasteiger partial charge in [-0.15, -0.1) is 0 Å². The highest BCUT2D eigenvalue weighted by molar-refractivity contribution is 5.83. The van der Waals surface area contributed by atoms with E-state index < -0.39 is 0 Å². The fraction of sp³-hybridized carbons (Fsp3) is 0.938. The van der Waals surface area contributed by atoms with Gasteiger partial charge in [0.05, 0.1) is 5.60 Å². The first kappa shape index (κ1) is 17.6. The molecule has 0 heterocycles. The van der Waals surface area contributed by atoms with Crippen LogP contribution in [0.15, 0.2) is 0 Å². The third-order valence-electron chi connectivity index (χ3n) is 2.92. The first-order chi connectivity index (χ1) is 8.13. The highest BCUT2D eigenvalue weighted by Gasteiger charge is 2.19. The van der Waals surface area contributed by atoms with E-state index in [9.17, 15) is 4.79 Å². The van der Waals surface area contributed by atoms with Crippen LogP contribution in [0.2, 0.25) is 0 Å². The van der Waals surface area contributed by atoms with E-state index in [4.69, 9.17) is 4.74 Å². The van der Waals surface area contributed by atoms with Crippen LogP contribution >= 0.6 is 0 Å². The lowest BCUT2D eigenvalue weighted by Gasteiger charge is -2.19. The number of hydrogen-bond acceptors (Lipinski definition) is 2. The summed E-state index contributed by atoms with van der Waals surface area (Å²) in [7, 11) is 0. The van der Waals surface area contributed by atoms with Gasteiger partial charge in [0.2, 0.25) is 0 Å². The third kappa shape index (κ3) is 10.8. The van der Waals surface area contributed by atoms with Crippen LogP contribution in [0.1, 0.15) is 80.1 Å². The van der Waals surface area contributed by atoms with Crippen molar-refractivity contribution in [2.24, 2.45) is 5.41 Å². The molecule has 0 aliphatic carbocycles. The zero-order valence-electron chi connectivity index (χ0n) is 13.3. The molecule has 0 saturated heterocycles. The lowest BCUT2D eigenvalue weighted by atomic mass is 9.88. The molecular weight excluding hydrogens is 224 g/mol. The number of ketones is 1. The molecule has 0 unspecified atom stereocenters. The van der Waals surface area contributed by atoms with Crippen molar-refractivity contribution in [3.63, 3.8) is 0 Å². The molecule has 0 aromatic carbocycles. The van der Waals surface area contributed by atoms with Gasteiger partial charge in [0.15, 0.2) is 0 Å². The summed E-state index contributed by atoms with van der Waals surface area (Å²) in [6, 6.07) is 0. The molecule has 2 heteroatoms. The number of rotatable bonds is 8. The maximum atomic E-state index is 11.7. The van der Waals surface area contributed by atoms with Gasteiger partial charge in [-0.2, -0.15) is 0 Å². The predicted molar refractivity (Wildman–Crippen MR) is 77.9 cm³/mol. The van der Waals surface area contributed by atoms with Crippen LogP contribution in [0.4, 0.5) is 0 Å². The Balaban J connectivity index is 3.35. The summed E-state index contributed by atoms with van der Waals surface area (Å²) in [5, 5.41) is 0. The summed E-state index contributed by atoms with van der Waals surface area (Å²) in [5.41, 5.74) is -0.181. The van der Waals surface area contributed by atoms with Crippen LogP contribution in [-0.2, 0) is 9.53 Å². The van der Waals surface area contributed by atoms with Crippen LogP contribution in [0.25, 0.3) is 0 Å². The molecule has 0 aromatic rings. The van der Waals surface area contributed by atoms with Gasteiger partial charge in [0, 0.05) is 18.4 Å². The Labute approximate surface area is 113 Å². The van der Waals surface area contributed by atoms with E-state index in [1.807, 2.05) is 20.8 Å². The van der Waals surface area contributed by atoms with E-state index in [1.165, 1.54) is 12.8 Å². The average molecular weight is 256 g/mol. The second-order valence-corrected chi connectivity index (χ2v) is 7.15. The number of unbranched alkanes of at least 4 members (excludes halogenated alkanes) is 4. The Morgan fingerprint density at radius 3 is 1.83 bits per heavy atom. The van der Waals surface area contributed by atoms with E-state index in [-0.39, 0.29) is 11.0 Å². The zero-order chi connectivity index (χ0) is 14.2. The van der Waals surface area contributed by atoms with Gasteiger partial charge in [0.25, 0.3) is 0 Å². The smallest absolute Gasteiger partial charge is 0.138 e. The van der Waals surface area contributed by atoms with Gasteiger partial charge < -0.3 is 4.74 Å². The molecule has 0 aliphatic rings. The summed E-state index contributed by atoms with van der Waals surface area (Å²) >= 11 is 0. The second-order valence-electron chi connectivity index (χ2n) is 7.15. The van der Waals surface area contributed by atoms with E-state index >= 15 is 0 Å². The minimum absolute atomic E-state index is 0.0148. The van der Waals surface area contributed by atoms with Crippen molar-refractivity contribution < 1.29 is 9.53 Å². The molecule has 0 aliphatic heterocycles. The van der Waals surface area contributed by atoms with Crippen molar-refractivity contribution in [2.75, 3.05) is 6.61 Å². The highest BCUT2D eigenvalue weighted by atomic mass is 16.5. The first-order valence-corrected chi connectivity index (χ1v) is 7.30. The van der Waals surface area contributed by atoms with Gasteiger partial charge in [-0.05, 0) is 33.6 Å². The van der Waals surface area contributed by atoms with Crippen LogP contribution < -0.4 is 0 Å². The molecule has 0 atom stereocenters. The monoisotopic (exact) mass is 256 g/mol. The van der Waals surface area contributed by atoms with Gasteiger partial charge in [0.1, 0.15) is 5.78 Å². The summed E-state index contributed by atoms with van der Waals surface area (Å²) in [6.45, 7) is 13.1. The third-order valence-corrected chi connectivity index (χ3v) is 2.92. The maximum Gasteiger partial charge on any atom is 0.138 e. The molecule has 0 aromatic heterocycles. The van der Waals surface area contributed by atoms with Crippen LogP contribution in [0.3, 0.4) is 0 Å². The number of ether oxygens (including phenoxy) is 1. The number of carbonyl (C=O) groups is 1. The van der Waals surface area contributed by atoms with Crippen molar-refractivity contribution in [3.8, 4) is 0 Å². The summed E-state index contributed by atoms with van der Waals surface area (Å²) in [4.78, 5) is 11.7. The molecule has 0 rings (SSSR count). The molecule has 0 saturated carbocycles. The molecule has 0 spiro atoms. The first-order valence-electron chi connectivity index (χ1n) is 7.30. The molecular formula is C16H32O2. The summed E-state index contributed by atoms with van der Waals surface area (Å²) in [6.07, 6.45) is 6.49. The summed E-state index contributed by atoms with van der Waals surface area (Å²) in [5.74, 6) is 0.388. The Morgan fingerprint density at radius 2 is 1.33 bits per heavy atom. The van der Waals surface area contributed by atoms with Crippen molar-refractivity contribution >= 4 is 5.78 Å². The number of carbonyl (C=O) groups excluding carboxylic acids is 1. The predicted octanol–water partition coefficient (Wildman–Crippen LogP) is 4.76. The Bertz CT molecular complexity index is 230. The molecule has 0 N–H and O–H groups in total. The van der Waals surface area contributed by atoms with E-state index in [1.54, 1.807) is 0 Å². The molecule has 18 heavy (non-hydrogen) atoms. The average Bonchev–Trinajstić information content (AvgIpc) is 2.18. The Kier molecular flexibility index (Phi) is 7.77. The minimum Gasteiger partial charge on any atom is -0.376 e. The molecule has 0 radical (unpaired) electrons. The van der Waals surface area contributed by atoms with Gasteiger partial charge in [-0.1, -0.05) is 40.0 Å². The molecule has 2 nitrogen and oxygen atoms in total. The van der Waals surface area contributed by atoms with Crippen LogP contribution in [0.5, 0.6) is 0 Å². The maximum absolute atomic E-state index is 11.7. The largest absolute Gasteiger partial charge is 0.376 e. The van der Waals surface area contributed by atoms with Crippen molar-refractivity contribution in [1.29, 1.82) is 0 Å². The summed E-state index contributed by atoms with van der Waals surface area (Å²) < 4.78 is 5.66. The van der Waals surface area contributed by atoms with E-state index in [0.29, 0.717) is 5.78 Å². The van der Waals surface area contributed by atoms with Crippen molar-refractivity contribution in [1.82, 2.24) is 0 Å². The molecule has 108 valence electrons. The quantitative estimate of drug-likeness (QED) is 0.585. The van der Waals surface area contributed by atoms with E-state index in [2.05, 4.69) is 20.8 Å². The van der Waals surface area contributed by atoms with Crippen molar-refractivity contribution in [2.45, 2.75) is 85.7 Å². The zero-order valence-corrected chi connectivity index (χ0v) is 13.3. The van der Waals surface area contributed by atoms with E-state index in [0.717, 1.165) is 32.3 Å². The highest BCUT2D eigenvalue weighted by Crippen LogP contribution is 2.19.